The molecule has 6 nitrogen and oxygen atoms in total. The number of hydrogen-bond acceptors (Lipinski definition) is 5. The highest BCUT2D eigenvalue weighted by molar-refractivity contribution is 5.77. The van der Waals surface area contributed by atoms with Crippen molar-refractivity contribution < 1.29 is 24.5 Å². The summed E-state index contributed by atoms with van der Waals surface area (Å²) in [5, 5.41) is 23.8. The third-order valence-electron chi connectivity index (χ3n) is 12.7. The number of carbonyl (C=O) groups is 2. The van der Waals surface area contributed by atoms with Crippen LogP contribution >= 0.6 is 0 Å². The number of allylic oxidation sites excluding steroid dienone is 9. The molecule has 0 heterocycles. The van der Waals surface area contributed by atoms with E-state index < -0.39 is 18.2 Å². The summed E-state index contributed by atoms with van der Waals surface area (Å²) in [5.74, 6) is -0.597. The van der Waals surface area contributed by atoms with Crippen LogP contribution < -0.4 is 5.32 Å². The Morgan fingerprint density at radius 3 is 1.17 bits per heavy atom. The maximum atomic E-state index is 13.2. The van der Waals surface area contributed by atoms with Crippen LogP contribution in [0.2, 0.25) is 0 Å². The molecule has 3 atom stereocenters. The number of esters is 1. The molecular weight excluding hydrogens is 803 g/mol. The second-order valence-corrected chi connectivity index (χ2v) is 19.1. The molecule has 0 fully saturated rings. The predicted molar refractivity (Wildman–Crippen MR) is 282 cm³/mol. The first-order valence-electron chi connectivity index (χ1n) is 28.1. The van der Waals surface area contributed by atoms with Crippen molar-refractivity contribution in [2.24, 2.45) is 0 Å². The first-order chi connectivity index (χ1) is 32.0. The Labute approximate surface area is 403 Å². The Morgan fingerprint density at radius 1 is 0.462 bits per heavy atom. The summed E-state index contributed by atoms with van der Waals surface area (Å²) in [4.78, 5) is 26.1. The Bertz CT molecular complexity index is 1160. The van der Waals surface area contributed by atoms with Gasteiger partial charge in [-0.05, 0) is 19.3 Å². The number of aliphatic hydroxyl groups excluding tert-OH is 2. The van der Waals surface area contributed by atoms with Gasteiger partial charge in [-0.25, -0.2) is 0 Å². The van der Waals surface area contributed by atoms with E-state index in [0.717, 1.165) is 44.9 Å². The third-order valence-corrected chi connectivity index (χ3v) is 12.7. The molecule has 0 aliphatic rings. The molecule has 1 amide bonds. The molecule has 0 aliphatic heterocycles. The van der Waals surface area contributed by atoms with Crippen LogP contribution in [0.25, 0.3) is 0 Å². The van der Waals surface area contributed by atoms with E-state index in [1.807, 2.05) is 54.7 Å². The van der Waals surface area contributed by atoms with Crippen LogP contribution in [-0.2, 0) is 14.3 Å². The summed E-state index contributed by atoms with van der Waals surface area (Å²) in [5.41, 5.74) is 0. The molecule has 0 bridgehead atoms. The van der Waals surface area contributed by atoms with Gasteiger partial charge in [-0.15, -0.1) is 0 Å². The predicted octanol–water partition coefficient (Wildman–Crippen LogP) is 17.2. The molecule has 65 heavy (non-hydrogen) atoms. The SMILES string of the molecule is CC/C=C/C=C/C=C\C=C/C=C/CC(CC(=O)NC(CO)C(O)CCCCCCCCCCCCCCCCCCC)OC(=O)CCCCCCCCCCCCCCCCCCCC. The largest absolute Gasteiger partial charge is 0.461 e. The van der Waals surface area contributed by atoms with Crippen molar-refractivity contribution in [3.8, 4) is 0 Å². The molecule has 0 spiro atoms. The van der Waals surface area contributed by atoms with Crippen LogP contribution in [0, 0.1) is 0 Å². The van der Waals surface area contributed by atoms with Crippen molar-refractivity contribution in [2.45, 2.75) is 296 Å². The van der Waals surface area contributed by atoms with Gasteiger partial charge in [0.15, 0.2) is 0 Å². The lowest BCUT2D eigenvalue weighted by atomic mass is 10.0. The molecule has 0 aromatic heterocycles. The number of unbranched alkanes of at least 4 members (excludes halogenated alkanes) is 33. The van der Waals surface area contributed by atoms with Gasteiger partial charge in [0.05, 0.1) is 25.2 Å². The third kappa shape index (κ3) is 47.8. The molecular formula is C59H107NO5. The van der Waals surface area contributed by atoms with Gasteiger partial charge in [0, 0.05) is 12.8 Å². The smallest absolute Gasteiger partial charge is 0.306 e. The number of ether oxygens (including phenoxy) is 1. The van der Waals surface area contributed by atoms with Gasteiger partial charge in [-0.1, -0.05) is 300 Å². The number of carbonyl (C=O) groups excluding carboxylic acids is 2. The Kier molecular flexibility index (Phi) is 50.6. The molecule has 3 N–H and O–H groups in total. The van der Waals surface area contributed by atoms with Gasteiger partial charge in [-0.3, -0.25) is 9.59 Å². The average molecular weight is 911 g/mol. The van der Waals surface area contributed by atoms with Gasteiger partial charge in [0.25, 0.3) is 0 Å². The van der Waals surface area contributed by atoms with Crippen LogP contribution in [0.5, 0.6) is 0 Å². The fraction of sp³-hybridized carbons (Fsp3) is 0.797. The fourth-order valence-electron chi connectivity index (χ4n) is 8.51. The molecule has 378 valence electrons. The van der Waals surface area contributed by atoms with E-state index in [0.29, 0.717) is 19.3 Å². The van der Waals surface area contributed by atoms with E-state index in [1.54, 1.807) is 0 Å². The molecule has 0 aliphatic carbocycles. The topological polar surface area (TPSA) is 95.9 Å². The first-order valence-corrected chi connectivity index (χ1v) is 28.1. The van der Waals surface area contributed by atoms with Gasteiger partial charge in [0.1, 0.15) is 6.10 Å². The molecule has 0 saturated heterocycles. The van der Waals surface area contributed by atoms with Gasteiger partial charge >= 0.3 is 5.97 Å². The highest BCUT2D eigenvalue weighted by Gasteiger charge is 2.23. The minimum atomic E-state index is -0.818. The van der Waals surface area contributed by atoms with E-state index in [4.69, 9.17) is 4.74 Å². The summed E-state index contributed by atoms with van der Waals surface area (Å²) in [6.07, 6.45) is 66.1. The molecule has 0 rings (SSSR count). The number of aliphatic hydroxyl groups is 2. The molecule has 0 aromatic carbocycles. The van der Waals surface area contributed by atoms with E-state index in [1.165, 1.54) is 186 Å². The summed E-state index contributed by atoms with van der Waals surface area (Å²) < 4.78 is 5.86. The summed E-state index contributed by atoms with van der Waals surface area (Å²) >= 11 is 0. The maximum Gasteiger partial charge on any atom is 0.306 e. The molecule has 0 saturated carbocycles. The average Bonchev–Trinajstić information content (AvgIpc) is 3.30. The first kappa shape index (κ1) is 62.6. The maximum absolute atomic E-state index is 13.2. The van der Waals surface area contributed by atoms with Crippen molar-refractivity contribution in [3.05, 3.63) is 60.8 Å². The van der Waals surface area contributed by atoms with Crippen LogP contribution in [0.1, 0.15) is 278 Å². The zero-order valence-corrected chi connectivity index (χ0v) is 43.1. The number of hydrogen-bond donors (Lipinski definition) is 3. The Morgan fingerprint density at radius 2 is 0.800 bits per heavy atom. The molecule has 0 radical (unpaired) electrons. The van der Waals surface area contributed by atoms with Crippen LogP contribution in [0.15, 0.2) is 60.8 Å². The van der Waals surface area contributed by atoms with E-state index >= 15 is 0 Å². The van der Waals surface area contributed by atoms with Crippen molar-refractivity contribution in [3.63, 3.8) is 0 Å². The molecule has 6 heteroatoms. The Hall–Kier alpha value is -2.44. The van der Waals surface area contributed by atoms with Gasteiger partial charge < -0.3 is 20.3 Å². The Balaban J connectivity index is 4.51. The molecule has 3 unspecified atom stereocenters. The van der Waals surface area contributed by atoms with Crippen molar-refractivity contribution in [1.82, 2.24) is 5.32 Å². The lowest BCUT2D eigenvalue weighted by molar-refractivity contribution is -0.150. The van der Waals surface area contributed by atoms with Crippen molar-refractivity contribution in [1.29, 1.82) is 0 Å². The standard InChI is InChI=1S/C59H107NO5/c1-4-7-10-13-16-19-22-24-26-28-30-32-34-37-40-43-46-49-52-59(64)65-55(50-47-44-41-38-35-21-18-15-12-9-6-3)53-58(63)60-56(54-61)57(62)51-48-45-42-39-36-33-31-29-27-25-23-20-17-14-11-8-5-2/h9,12,15,18,21,35,38,41,44,47,55-57,61-62H,4-8,10-11,13-14,16-17,19-20,22-34,36-37,39-40,42-43,45-46,48-54H2,1-3H3,(H,60,63)/b12-9+,18-15+,35-21-,41-38-,47-44+. The van der Waals surface area contributed by atoms with E-state index in [9.17, 15) is 19.8 Å². The number of rotatable bonds is 50. The van der Waals surface area contributed by atoms with Crippen molar-refractivity contribution >= 4 is 11.9 Å². The fourth-order valence-corrected chi connectivity index (χ4v) is 8.51. The van der Waals surface area contributed by atoms with Crippen molar-refractivity contribution in [2.75, 3.05) is 6.61 Å². The minimum absolute atomic E-state index is 0.0166. The van der Waals surface area contributed by atoms with Crippen LogP contribution in [-0.4, -0.2) is 46.9 Å². The lowest BCUT2D eigenvalue weighted by Gasteiger charge is -2.24. The summed E-state index contributed by atoms with van der Waals surface area (Å²) in [6, 6.07) is -0.739. The second kappa shape index (κ2) is 52.5. The quantitative estimate of drug-likeness (QED) is 0.0321. The van der Waals surface area contributed by atoms with Crippen LogP contribution in [0.4, 0.5) is 0 Å². The highest BCUT2D eigenvalue weighted by atomic mass is 16.5. The second-order valence-electron chi connectivity index (χ2n) is 19.1. The molecule has 0 aromatic rings. The van der Waals surface area contributed by atoms with E-state index in [2.05, 4.69) is 32.2 Å². The van der Waals surface area contributed by atoms with Crippen LogP contribution in [0.3, 0.4) is 0 Å². The summed E-state index contributed by atoms with van der Waals surface area (Å²) in [7, 11) is 0. The van der Waals surface area contributed by atoms with E-state index in [-0.39, 0.29) is 24.9 Å². The van der Waals surface area contributed by atoms with Gasteiger partial charge in [-0.2, -0.15) is 0 Å². The zero-order chi connectivity index (χ0) is 47.4. The monoisotopic (exact) mass is 910 g/mol. The minimum Gasteiger partial charge on any atom is -0.461 e. The van der Waals surface area contributed by atoms with Gasteiger partial charge in [0.2, 0.25) is 5.91 Å². The highest BCUT2D eigenvalue weighted by Crippen LogP contribution is 2.18. The lowest BCUT2D eigenvalue weighted by Crippen LogP contribution is -2.46. The number of amides is 1. The summed E-state index contributed by atoms with van der Waals surface area (Å²) in [6.45, 7) is 6.33. The number of nitrogens with one attached hydrogen (secondary N) is 1. The zero-order valence-electron chi connectivity index (χ0n) is 43.1. The normalized spacial score (nSPS) is 13.6.